The highest BCUT2D eigenvalue weighted by molar-refractivity contribution is 7.25. The van der Waals surface area contributed by atoms with Gasteiger partial charge in [0.15, 0.2) is 0 Å². The van der Waals surface area contributed by atoms with E-state index in [4.69, 9.17) is 0 Å². The van der Waals surface area contributed by atoms with Gasteiger partial charge in [-0.3, -0.25) is 4.98 Å². The van der Waals surface area contributed by atoms with Gasteiger partial charge in [0.2, 0.25) is 0 Å². The lowest BCUT2D eigenvalue weighted by molar-refractivity contribution is 1.32. The summed E-state index contributed by atoms with van der Waals surface area (Å²) in [4.78, 5) is 9.80. The van der Waals surface area contributed by atoms with Crippen LogP contribution in [0.15, 0.2) is 48.8 Å². The van der Waals surface area contributed by atoms with E-state index in [1.807, 2.05) is 0 Å². The van der Waals surface area contributed by atoms with Gasteiger partial charge in [0.05, 0.1) is 0 Å². The van der Waals surface area contributed by atoms with E-state index in [0.29, 0.717) is 0 Å². The van der Waals surface area contributed by atoms with Gasteiger partial charge in [-0.1, -0.05) is 24.3 Å². The Labute approximate surface area is 102 Å². The van der Waals surface area contributed by atoms with E-state index >= 15 is 0 Å². The Morgan fingerprint density at radius 1 is 0.882 bits per heavy atom. The standard InChI is InChI=1S/C14H8N2S/c1-2-4-10-8-12-11(7-9(10)3-1)13-14(17-12)16-6-5-15-13/h1-8H. The van der Waals surface area contributed by atoms with E-state index in [2.05, 4.69) is 46.4 Å². The summed E-state index contributed by atoms with van der Waals surface area (Å²) in [5.41, 5.74) is 1.01. The van der Waals surface area contributed by atoms with Gasteiger partial charge in [-0.2, -0.15) is 0 Å². The number of thiophene rings is 1. The molecule has 0 bridgehead atoms. The average molecular weight is 236 g/mol. The third-order valence-corrected chi connectivity index (χ3v) is 4.02. The second-order valence-corrected chi connectivity index (χ2v) is 5.04. The van der Waals surface area contributed by atoms with E-state index in [1.54, 1.807) is 23.7 Å². The molecule has 4 rings (SSSR count). The second-order valence-electron chi connectivity index (χ2n) is 4.01. The lowest BCUT2D eigenvalue weighted by atomic mass is 10.1. The summed E-state index contributed by atoms with van der Waals surface area (Å²) in [5, 5.41) is 3.73. The normalized spacial score (nSPS) is 11.5. The molecule has 2 aromatic carbocycles. The molecule has 4 aromatic rings. The predicted molar refractivity (Wildman–Crippen MR) is 72.4 cm³/mol. The number of aromatic nitrogens is 2. The third-order valence-electron chi connectivity index (χ3n) is 2.97. The van der Waals surface area contributed by atoms with Gasteiger partial charge in [-0.15, -0.1) is 11.3 Å². The van der Waals surface area contributed by atoms with Gasteiger partial charge in [-0.25, -0.2) is 4.98 Å². The molecule has 0 aliphatic carbocycles. The Morgan fingerprint density at radius 2 is 1.65 bits per heavy atom. The molecular weight excluding hydrogens is 228 g/mol. The van der Waals surface area contributed by atoms with Crippen molar-refractivity contribution < 1.29 is 0 Å². The summed E-state index contributed by atoms with van der Waals surface area (Å²) in [6, 6.07) is 12.8. The number of hydrogen-bond donors (Lipinski definition) is 0. The Balaban J connectivity index is 2.28. The molecule has 0 unspecified atom stereocenters. The van der Waals surface area contributed by atoms with Gasteiger partial charge in [0.1, 0.15) is 10.3 Å². The van der Waals surface area contributed by atoms with Crippen molar-refractivity contribution in [3.63, 3.8) is 0 Å². The van der Waals surface area contributed by atoms with Gasteiger partial charge in [0.25, 0.3) is 0 Å². The van der Waals surface area contributed by atoms with Crippen molar-refractivity contribution in [2.45, 2.75) is 0 Å². The molecule has 80 valence electrons. The van der Waals surface area contributed by atoms with Crippen LogP contribution >= 0.6 is 11.3 Å². The molecule has 0 saturated carbocycles. The van der Waals surface area contributed by atoms with E-state index < -0.39 is 0 Å². The molecule has 2 heterocycles. The molecule has 0 N–H and O–H groups in total. The largest absolute Gasteiger partial charge is 0.251 e. The minimum absolute atomic E-state index is 1.01. The summed E-state index contributed by atoms with van der Waals surface area (Å²) in [5.74, 6) is 0. The molecule has 0 saturated heterocycles. The zero-order valence-corrected chi connectivity index (χ0v) is 9.74. The van der Waals surface area contributed by atoms with Crippen LogP contribution in [0.25, 0.3) is 31.2 Å². The summed E-state index contributed by atoms with van der Waals surface area (Å²) < 4.78 is 1.25. The summed E-state index contributed by atoms with van der Waals surface area (Å²) in [6.45, 7) is 0. The molecule has 3 heteroatoms. The van der Waals surface area contributed by atoms with Crippen LogP contribution in [0.4, 0.5) is 0 Å². The fourth-order valence-corrected chi connectivity index (χ4v) is 3.21. The average Bonchev–Trinajstić information content (AvgIpc) is 2.73. The molecule has 0 atom stereocenters. The SMILES string of the molecule is c1ccc2cc3c(cc2c1)sc1nccnc13. The Morgan fingerprint density at radius 3 is 2.53 bits per heavy atom. The fraction of sp³-hybridized carbons (Fsp3) is 0. The lowest BCUT2D eigenvalue weighted by Gasteiger charge is -1.97. The topological polar surface area (TPSA) is 25.8 Å². The fourth-order valence-electron chi connectivity index (χ4n) is 2.18. The van der Waals surface area contributed by atoms with Crippen LogP contribution in [0.3, 0.4) is 0 Å². The van der Waals surface area contributed by atoms with Crippen molar-refractivity contribution in [3.8, 4) is 0 Å². The Hall–Kier alpha value is -2.00. The number of fused-ring (bicyclic) bond motifs is 4. The highest BCUT2D eigenvalue weighted by Gasteiger charge is 2.07. The maximum Gasteiger partial charge on any atom is 0.143 e. The third kappa shape index (κ3) is 1.26. The molecule has 0 radical (unpaired) electrons. The van der Waals surface area contributed by atoms with Crippen molar-refractivity contribution in [2.75, 3.05) is 0 Å². The molecule has 0 aliphatic heterocycles. The van der Waals surface area contributed by atoms with Crippen molar-refractivity contribution >= 4 is 42.5 Å². The zero-order valence-electron chi connectivity index (χ0n) is 8.92. The van der Waals surface area contributed by atoms with Crippen molar-refractivity contribution in [1.82, 2.24) is 9.97 Å². The van der Waals surface area contributed by atoms with E-state index in [-0.39, 0.29) is 0 Å². The molecule has 2 nitrogen and oxygen atoms in total. The van der Waals surface area contributed by atoms with E-state index in [9.17, 15) is 0 Å². The predicted octanol–water partition coefficient (Wildman–Crippen LogP) is 4.00. The summed E-state index contributed by atoms with van der Waals surface area (Å²) in [6.07, 6.45) is 3.50. The Kier molecular flexibility index (Phi) is 1.73. The first-order chi connectivity index (χ1) is 8.42. The van der Waals surface area contributed by atoms with Gasteiger partial charge < -0.3 is 0 Å². The van der Waals surface area contributed by atoms with E-state index in [1.165, 1.54) is 20.9 Å². The van der Waals surface area contributed by atoms with Crippen LogP contribution in [0.5, 0.6) is 0 Å². The van der Waals surface area contributed by atoms with Crippen LogP contribution in [-0.4, -0.2) is 9.97 Å². The lowest BCUT2D eigenvalue weighted by Crippen LogP contribution is -1.76. The molecule has 0 aliphatic rings. The first-order valence-corrected chi connectivity index (χ1v) is 6.25. The summed E-state index contributed by atoms with van der Waals surface area (Å²) >= 11 is 1.70. The first-order valence-electron chi connectivity index (χ1n) is 5.44. The molecule has 0 spiro atoms. The molecule has 0 amide bonds. The van der Waals surface area contributed by atoms with Crippen LogP contribution in [0, 0.1) is 0 Å². The second kappa shape index (κ2) is 3.25. The smallest absolute Gasteiger partial charge is 0.143 e. The van der Waals surface area contributed by atoms with Gasteiger partial charge in [0, 0.05) is 22.5 Å². The van der Waals surface area contributed by atoms with Crippen molar-refractivity contribution in [3.05, 3.63) is 48.8 Å². The summed E-state index contributed by atoms with van der Waals surface area (Å²) in [7, 11) is 0. The quantitative estimate of drug-likeness (QED) is 0.461. The number of benzene rings is 2. The number of nitrogens with zero attached hydrogens (tertiary/aromatic N) is 2. The highest BCUT2D eigenvalue weighted by Crippen LogP contribution is 2.33. The monoisotopic (exact) mass is 236 g/mol. The molecule has 0 fully saturated rings. The van der Waals surface area contributed by atoms with Gasteiger partial charge >= 0.3 is 0 Å². The number of hydrogen-bond acceptors (Lipinski definition) is 3. The minimum atomic E-state index is 1.01. The van der Waals surface area contributed by atoms with Crippen molar-refractivity contribution in [2.24, 2.45) is 0 Å². The molecular formula is C14H8N2S. The molecule has 2 aromatic heterocycles. The van der Waals surface area contributed by atoms with Crippen molar-refractivity contribution in [1.29, 1.82) is 0 Å². The highest BCUT2D eigenvalue weighted by atomic mass is 32.1. The maximum absolute atomic E-state index is 4.42. The number of rotatable bonds is 0. The molecule has 17 heavy (non-hydrogen) atoms. The maximum atomic E-state index is 4.42. The van der Waals surface area contributed by atoms with E-state index in [0.717, 1.165) is 10.3 Å². The minimum Gasteiger partial charge on any atom is -0.251 e. The zero-order chi connectivity index (χ0) is 11.2. The first kappa shape index (κ1) is 9.07. The van der Waals surface area contributed by atoms with Crippen LogP contribution in [-0.2, 0) is 0 Å². The Bertz CT molecular complexity index is 842. The van der Waals surface area contributed by atoms with Crippen LogP contribution in [0.2, 0.25) is 0 Å². The van der Waals surface area contributed by atoms with Gasteiger partial charge in [-0.05, 0) is 22.9 Å². The van der Waals surface area contributed by atoms with Crippen LogP contribution < -0.4 is 0 Å². The van der Waals surface area contributed by atoms with Crippen LogP contribution in [0.1, 0.15) is 0 Å².